The Morgan fingerprint density at radius 2 is 1.93 bits per heavy atom. The number of fused-ring (bicyclic) bond motifs is 1. The SMILES string of the molecule is CC1(C)C2CC=C(C[N+](C)(C)C)C1C2.[Br-]. The van der Waals surface area contributed by atoms with E-state index in [-0.39, 0.29) is 17.0 Å². The van der Waals surface area contributed by atoms with Crippen molar-refractivity contribution in [2.75, 3.05) is 27.7 Å². The molecule has 1 saturated carbocycles. The maximum atomic E-state index is 2.52. The molecule has 0 saturated heterocycles. The summed E-state index contributed by atoms with van der Waals surface area (Å²) in [5.41, 5.74) is 2.32. The highest BCUT2D eigenvalue weighted by Crippen LogP contribution is 2.59. The first-order chi connectivity index (χ1) is 6.31. The summed E-state index contributed by atoms with van der Waals surface area (Å²) in [6, 6.07) is 0. The van der Waals surface area contributed by atoms with Crippen LogP contribution < -0.4 is 17.0 Å². The number of hydrogen-bond acceptors (Lipinski definition) is 0. The molecule has 88 valence electrons. The quantitative estimate of drug-likeness (QED) is 0.479. The second-order valence-electron chi connectivity index (χ2n) is 6.77. The van der Waals surface area contributed by atoms with Gasteiger partial charge in [0, 0.05) is 0 Å². The van der Waals surface area contributed by atoms with Crippen LogP contribution in [0.2, 0.25) is 0 Å². The van der Waals surface area contributed by atoms with Gasteiger partial charge in [-0.15, -0.1) is 0 Å². The van der Waals surface area contributed by atoms with E-state index in [0.29, 0.717) is 5.41 Å². The second-order valence-corrected chi connectivity index (χ2v) is 6.77. The van der Waals surface area contributed by atoms with Gasteiger partial charge in [0.2, 0.25) is 0 Å². The Hall–Kier alpha value is 0.180. The number of allylic oxidation sites excluding steroid dienone is 1. The molecular formula is C13H24BrN. The van der Waals surface area contributed by atoms with Gasteiger partial charge in [0.05, 0.1) is 27.7 Å². The summed E-state index contributed by atoms with van der Waals surface area (Å²) in [5, 5.41) is 0. The first-order valence-corrected chi connectivity index (χ1v) is 5.80. The zero-order valence-corrected chi connectivity index (χ0v) is 12.3. The summed E-state index contributed by atoms with van der Waals surface area (Å²) in [5.74, 6) is 1.86. The van der Waals surface area contributed by atoms with Gasteiger partial charge in [-0.25, -0.2) is 0 Å². The maximum Gasteiger partial charge on any atom is 0.1000 e. The lowest BCUT2D eigenvalue weighted by Crippen LogP contribution is -3.00. The van der Waals surface area contributed by atoms with Gasteiger partial charge in [0.25, 0.3) is 0 Å². The van der Waals surface area contributed by atoms with E-state index in [1.54, 1.807) is 5.57 Å². The van der Waals surface area contributed by atoms with Gasteiger partial charge in [-0.1, -0.05) is 19.9 Å². The van der Waals surface area contributed by atoms with Crippen molar-refractivity contribution in [2.24, 2.45) is 17.3 Å². The zero-order chi connectivity index (χ0) is 10.6. The molecule has 1 fully saturated rings. The molecule has 3 aliphatic rings. The van der Waals surface area contributed by atoms with Crippen molar-refractivity contribution >= 4 is 0 Å². The minimum Gasteiger partial charge on any atom is -1.00 e. The number of likely N-dealkylation sites (N-methyl/N-ethyl adjacent to an activating group) is 1. The van der Waals surface area contributed by atoms with Crippen molar-refractivity contribution in [3.05, 3.63) is 11.6 Å². The van der Waals surface area contributed by atoms with Gasteiger partial charge >= 0.3 is 0 Å². The molecular weight excluding hydrogens is 250 g/mol. The van der Waals surface area contributed by atoms with Crippen LogP contribution in [-0.2, 0) is 0 Å². The highest BCUT2D eigenvalue weighted by Gasteiger charge is 2.51. The van der Waals surface area contributed by atoms with Crippen molar-refractivity contribution < 1.29 is 21.5 Å². The van der Waals surface area contributed by atoms with Crippen LogP contribution in [-0.4, -0.2) is 32.2 Å². The fourth-order valence-corrected chi connectivity index (χ4v) is 3.20. The van der Waals surface area contributed by atoms with Gasteiger partial charge < -0.3 is 21.5 Å². The van der Waals surface area contributed by atoms with Crippen molar-refractivity contribution in [1.82, 2.24) is 0 Å². The van der Waals surface area contributed by atoms with Crippen LogP contribution in [0.15, 0.2) is 11.6 Å². The molecule has 3 aliphatic carbocycles. The topological polar surface area (TPSA) is 0 Å². The molecule has 15 heavy (non-hydrogen) atoms. The number of quaternary nitrogens is 1. The van der Waals surface area contributed by atoms with Crippen molar-refractivity contribution in [3.63, 3.8) is 0 Å². The first-order valence-electron chi connectivity index (χ1n) is 5.80. The van der Waals surface area contributed by atoms with Crippen molar-refractivity contribution in [2.45, 2.75) is 26.7 Å². The molecule has 0 heterocycles. The molecule has 0 spiro atoms. The molecule has 2 heteroatoms. The minimum atomic E-state index is 0. The normalized spacial score (nSPS) is 32.5. The van der Waals surface area contributed by atoms with Crippen LogP contribution in [0.3, 0.4) is 0 Å². The van der Waals surface area contributed by atoms with Crippen LogP contribution in [0.1, 0.15) is 26.7 Å². The van der Waals surface area contributed by atoms with Crippen LogP contribution >= 0.6 is 0 Å². The number of hydrogen-bond donors (Lipinski definition) is 0. The predicted molar refractivity (Wildman–Crippen MR) is 61.0 cm³/mol. The first kappa shape index (κ1) is 13.2. The Kier molecular flexibility index (Phi) is 3.43. The van der Waals surface area contributed by atoms with E-state index < -0.39 is 0 Å². The van der Waals surface area contributed by atoms with Crippen LogP contribution in [0, 0.1) is 17.3 Å². The van der Waals surface area contributed by atoms with Gasteiger partial charge in [0.1, 0.15) is 0 Å². The molecule has 1 nitrogen and oxygen atoms in total. The molecule has 0 aromatic rings. The lowest BCUT2D eigenvalue weighted by atomic mass is 9.49. The molecule has 0 aliphatic heterocycles. The number of nitrogens with zero attached hydrogens (tertiary/aromatic N) is 1. The Bertz CT molecular complexity index is 273. The molecule has 0 aromatic carbocycles. The molecule has 2 bridgehead atoms. The highest BCUT2D eigenvalue weighted by molar-refractivity contribution is 5.23. The average molecular weight is 274 g/mol. The van der Waals surface area contributed by atoms with E-state index in [0.717, 1.165) is 16.3 Å². The van der Waals surface area contributed by atoms with Crippen LogP contribution in [0.25, 0.3) is 0 Å². The predicted octanol–water partition coefficient (Wildman–Crippen LogP) is -0.311. The fourth-order valence-electron chi connectivity index (χ4n) is 3.20. The summed E-state index contributed by atoms with van der Waals surface area (Å²) in [6.07, 6.45) is 5.31. The third-order valence-electron chi connectivity index (χ3n) is 4.24. The second kappa shape index (κ2) is 3.89. The van der Waals surface area contributed by atoms with Gasteiger partial charge in [-0.3, -0.25) is 0 Å². The zero-order valence-electron chi connectivity index (χ0n) is 10.7. The smallest absolute Gasteiger partial charge is 0.1000 e. The van der Waals surface area contributed by atoms with E-state index in [1.807, 2.05) is 0 Å². The molecule has 0 amide bonds. The van der Waals surface area contributed by atoms with E-state index in [4.69, 9.17) is 0 Å². The summed E-state index contributed by atoms with van der Waals surface area (Å²) in [4.78, 5) is 0. The monoisotopic (exact) mass is 273 g/mol. The van der Waals surface area contributed by atoms with E-state index in [2.05, 4.69) is 41.1 Å². The summed E-state index contributed by atoms with van der Waals surface area (Å²) < 4.78 is 1.07. The van der Waals surface area contributed by atoms with E-state index >= 15 is 0 Å². The third kappa shape index (κ3) is 2.31. The Morgan fingerprint density at radius 3 is 2.33 bits per heavy atom. The minimum absolute atomic E-state index is 0. The molecule has 0 aromatic heterocycles. The number of rotatable bonds is 2. The van der Waals surface area contributed by atoms with Gasteiger partial charge in [-0.2, -0.15) is 0 Å². The van der Waals surface area contributed by atoms with Crippen LogP contribution in [0.5, 0.6) is 0 Å². The van der Waals surface area contributed by atoms with Gasteiger partial charge in [0.15, 0.2) is 0 Å². The largest absolute Gasteiger partial charge is 1.00 e. The van der Waals surface area contributed by atoms with Crippen molar-refractivity contribution in [1.29, 1.82) is 0 Å². The summed E-state index contributed by atoms with van der Waals surface area (Å²) in [7, 11) is 6.87. The Balaban J connectivity index is 0.00000112. The van der Waals surface area contributed by atoms with E-state index in [1.165, 1.54) is 19.4 Å². The summed E-state index contributed by atoms with van der Waals surface area (Å²) in [6.45, 7) is 6.14. The molecule has 0 N–H and O–H groups in total. The molecule has 2 atom stereocenters. The van der Waals surface area contributed by atoms with Crippen LogP contribution in [0.4, 0.5) is 0 Å². The molecule has 3 rings (SSSR count). The summed E-state index contributed by atoms with van der Waals surface area (Å²) >= 11 is 0. The highest BCUT2D eigenvalue weighted by atomic mass is 79.9. The van der Waals surface area contributed by atoms with Gasteiger partial charge in [-0.05, 0) is 35.7 Å². The standard InChI is InChI=1S/C13H24N.BrH/c1-13(2)11-7-6-10(12(13)8-11)9-14(3,4)5;/h6,11-12H,7-9H2,1-5H3;1H/q+1;/p-1. The Labute approximate surface area is 105 Å². The third-order valence-corrected chi connectivity index (χ3v) is 4.24. The fraction of sp³-hybridized carbons (Fsp3) is 0.846. The lowest BCUT2D eigenvalue weighted by molar-refractivity contribution is -0.866. The average Bonchev–Trinajstić information content (AvgIpc) is 2.00. The lowest BCUT2D eigenvalue weighted by Gasteiger charge is -2.56. The maximum absolute atomic E-state index is 2.52. The number of halogens is 1. The van der Waals surface area contributed by atoms with E-state index in [9.17, 15) is 0 Å². The molecule has 0 radical (unpaired) electrons. The Morgan fingerprint density at radius 1 is 1.33 bits per heavy atom. The van der Waals surface area contributed by atoms with Crippen molar-refractivity contribution in [3.8, 4) is 0 Å². The molecule has 2 unspecified atom stereocenters.